The van der Waals surface area contributed by atoms with Crippen LogP contribution in [0.2, 0.25) is 0 Å². The Bertz CT molecular complexity index is 285. The van der Waals surface area contributed by atoms with E-state index in [0.717, 1.165) is 12.2 Å². The van der Waals surface area contributed by atoms with Gasteiger partial charge in [0, 0.05) is 33.8 Å². The Kier molecular flexibility index (Phi) is 6.26. The van der Waals surface area contributed by atoms with Crippen LogP contribution in [0.5, 0.6) is 0 Å². The van der Waals surface area contributed by atoms with Gasteiger partial charge in [-0.3, -0.25) is 0 Å². The van der Waals surface area contributed by atoms with E-state index < -0.39 is 0 Å². The van der Waals surface area contributed by atoms with Crippen molar-refractivity contribution in [1.29, 1.82) is 0 Å². The Morgan fingerprint density at radius 2 is 1.94 bits per heavy atom. The fourth-order valence-corrected chi connectivity index (χ4v) is 4.98. The number of rotatable bonds is 3. The van der Waals surface area contributed by atoms with E-state index >= 15 is 0 Å². The summed E-state index contributed by atoms with van der Waals surface area (Å²) in [5, 5.41) is 11.2. The zero-order valence-corrected chi connectivity index (χ0v) is 13.0. The van der Waals surface area contributed by atoms with Gasteiger partial charge in [0.05, 0.1) is 6.10 Å². The van der Waals surface area contributed by atoms with Gasteiger partial charge in [-0.15, -0.1) is 5.92 Å². The van der Waals surface area contributed by atoms with E-state index in [4.69, 9.17) is 0 Å². The van der Waals surface area contributed by atoms with Gasteiger partial charge in [-0.05, 0) is 27.2 Å². The lowest BCUT2D eigenvalue weighted by Gasteiger charge is -2.32. The largest absolute Gasteiger partial charge is 0.391 e. The molecule has 0 aliphatic carbocycles. The minimum absolute atomic E-state index is 0.0400. The molecule has 98 valence electrons. The number of aliphatic hydroxyl groups is 1. The van der Waals surface area contributed by atoms with E-state index in [2.05, 4.69) is 39.5 Å². The molecule has 1 aliphatic heterocycles. The van der Waals surface area contributed by atoms with Crippen molar-refractivity contribution >= 4 is 23.5 Å². The minimum atomic E-state index is -0.271. The van der Waals surface area contributed by atoms with Crippen molar-refractivity contribution in [3.63, 3.8) is 0 Å². The molecule has 1 nitrogen and oxygen atoms in total. The lowest BCUT2D eigenvalue weighted by atomic mass is 9.97. The minimum Gasteiger partial charge on any atom is -0.391 e. The molecule has 0 radical (unpaired) electrons. The summed E-state index contributed by atoms with van der Waals surface area (Å²) in [6.45, 7) is 8.52. The van der Waals surface area contributed by atoms with Gasteiger partial charge in [-0.25, -0.2) is 0 Å². The predicted octanol–water partition coefficient (Wildman–Crippen LogP) is 3.41. The molecule has 0 aromatic rings. The van der Waals surface area contributed by atoms with Crippen LogP contribution in [0.25, 0.3) is 0 Å². The number of thioether (sulfide) groups is 2. The lowest BCUT2D eigenvalue weighted by Crippen LogP contribution is -2.35. The van der Waals surface area contributed by atoms with Gasteiger partial charge in [0.15, 0.2) is 0 Å². The third-order valence-electron chi connectivity index (χ3n) is 2.65. The molecule has 1 fully saturated rings. The van der Waals surface area contributed by atoms with Crippen LogP contribution in [-0.4, -0.2) is 33.2 Å². The molecule has 0 aromatic carbocycles. The summed E-state index contributed by atoms with van der Waals surface area (Å²) in [5.41, 5.74) is 0.0400. The number of hydrogen-bond donors (Lipinski definition) is 1. The summed E-state index contributed by atoms with van der Waals surface area (Å²) in [7, 11) is 0. The van der Waals surface area contributed by atoms with Gasteiger partial charge in [0.1, 0.15) is 0 Å². The molecule has 0 spiro atoms. The molecule has 1 aliphatic rings. The molecule has 0 bridgehead atoms. The Hall–Kier alpha value is 0.220. The Morgan fingerprint density at radius 1 is 1.29 bits per heavy atom. The second-order valence-electron chi connectivity index (χ2n) is 5.48. The normalized spacial score (nSPS) is 27.1. The molecule has 1 rings (SSSR count). The van der Waals surface area contributed by atoms with Crippen LogP contribution >= 0.6 is 23.5 Å². The molecular formula is C14H24OS2. The van der Waals surface area contributed by atoms with Crippen molar-refractivity contribution in [3.8, 4) is 11.8 Å². The third-order valence-corrected chi connectivity index (χ3v) is 6.04. The summed E-state index contributed by atoms with van der Waals surface area (Å²) in [6.07, 6.45) is 1.49. The summed E-state index contributed by atoms with van der Waals surface area (Å²) in [5.74, 6) is 8.73. The Morgan fingerprint density at radius 3 is 2.53 bits per heavy atom. The molecule has 0 aromatic heterocycles. The van der Waals surface area contributed by atoms with Crippen molar-refractivity contribution in [3.05, 3.63) is 0 Å². The van der Waals surface area contributed by atoms with E-state index in [1.165, 1.54) is 5.75 Å². The fourth-order valence-electron chi connectivity index (χ4n) is 1.83. The highest BCUT2D eigenvalue weighted by molar-refractivity contribution is 8.07. The van der Waals surface area contributed by atoms with Crippen molar-refractivity contribution in [2.45, 2.75) is 57.1 Å². The molecule has 0 saturated carbocycles. The van der Waals surface area contributed by atoms with Crippen LogP contribution in [0, 0.1) is 17.3 Å². The maximum Gasteiger partial charge on any atom is 0.0778 e. The first kappa shape index (κ1) is 15.3. The van der Waals surface area contributed by atoms with Crippen LogP contribution in [0.3, 0.4) is 0 Å². The van der Waals surface area contributed by atoms with Crippen LogP contribution in [0.1, 0.15) is 40.5 Å². The van der Waals surface area contributed by atoms with Gasteiger partial charge in [0.25, 0.3) is 0 Å². The highest BCUT2D eigenvalue weighted by Gasteiger charge is 2.30. The Labute approximate surface area is 115 Å². The SMILES string of the molecule is CCC1SCCSC1C(O)CC#CC(C)(C)C. The molecule has 3 atom stereocenters. The van der Waals surface area contributed by atoms with Gasteiger partial charge >= 0.3 is 0 Å². The average molecular weight is 272 g/mol. The van der Waals surface area contributed by atoms with Gasteiger partial charge in [0.2, 0.25) is 0 Å². The summed E-state index contributed by atoms with van der Waals surface area (Å²) < 4.78 is 0. The second-order valence-corrected chi connectivity index (χ2v) is 8.11. The number of hydrogen-bond acceptors (Lipinski definition) is 3. The quantitative estimate of drug-likeness (QED) is 0.795. The van der Waals surface area contributed by atoms with Crippen molar-refractivity contribution in [2.75, 3.05) is 11.5 Å². The van der Waals surface area contributed by atoms with Crippen LogP contribution < -0.4 is 0 Å². The monoisotopic (exact) mass is 272 g/mol. The first-order valence-electron chi connectivity index (χ1n) is 6.35. The second kappa shape index (κ2) is 6.97. The summed E-state index contributed by atoms with van der Waals surface area (Å²) in [4.78, 5) is 0. The van der Waals surface area contributed by atoms with Gasteiger partial charge in [-0.2, -0.15) is 23.5 Å². The number of aliphatic hydroxyl groups excluding tert-OH is 1. The molecule has 3 heteroatoms. The molecule has 1 saturated heterocycles. The smallest absolute Gasteiger partial charge is 0.0778 e. The van der Waals surface area contributed by atoms with Crippen molar-refractivity contribution in [1.82, 2.24) is 0 Å². The van der Waals surface area contributed by atoms with E-state index in [1.807, 2.05) is 23.5 Å². The highest BCUT2D eigenvalue weighted by atomic mass is 32.2. The van der Waals surface area contributed by atoms with E-state index in [1.54, 1.807) is 0 Å². The van der Waals surface area contributed by atoms with Crippen molar-refractivity contribution < 1.29 is 5.11 Å². The summed E-state index contributed by atoms with van der Waals surface area (Å²) >= 11 is 3.93. The van der Waals surface area contributed by atoms with Crippen LogP contribution in [0.4, 0.5) is 0 Å². The van der Waals surface area contributed by atoms with Crippen molar-refractivity contribution in [2.24, 2.45) is 5.41 Å². The van der Waals surface area contributed by atoms with Gasteiger partial charge < -0.3 is 5.11 Å². The van der Waals surface area contributed by atoms with E-state index in [9.17, 15) is 5.11 Å². The fraction of sp³-hybridized carbons (Fsp3) is 0.857. The molecule has 17 heavy (non-hydrogen) atoms. The van der Waals surface area contributed by atoms with Gasteiger partial charge in [-0.1, -0.05) is 12.8 Å². The standard InChI is InChI=1S/C14H24OS2/c1-5-12-13(17-10-9-16-12)11(15)7-6-8-14(2,3)4/h11-13,15H,5,7,9-10H2,1-4H3. The first-order chi connectivity index (χ1) is 7.94. The zero-order chi connectivity index (χ0) is 12.9. The Balaban J connectivity index is 2.50. The van der Waals surface area contributed by atoms with Crippen LogP contribution in [-0.2, 0) is 0 Å². The third kappa shape index (κ3) is 5.59. The zero-order valence-electron chi connectivity index (χ0n) is 11.3. The predicted molar refractivity (Wildman–Crippen MR) is 80.6 cm³/mol. The maximum absolute atomic E-state index is 10.2. The first-order valence-corrected chi connectivity index (χ1v) is 8.45. The average Bonchev–Trinajstić information content (AvgIpc) is 2.27. The molecule has 3 unspecified atom stereocenters. The molecule has 1 N–H and O–H groups in total. The summed E-state index contributed by atoms with van der Waals surface area (Å²) in [6, 6.07) is 0. The maximum atomic E-state index is 10.2. The topological polar surface area (TPSA) is 20.2 Å². The molecule has 1 heterocycles. The van der Waals surface area contributed by atoms with E-state index in [0.29, 0.717) is 16.9 Å². The lowest BCUT2D eigenvalue weighted by molar-refractivity contribution is 0.174. The molecular weight excluding hydrogens is 248 g/mol. The van der Waals surface area contributed by atoms with E-state index in [-0.39, 0.29) is 11.5 Å². The molecule has 0 amide bonds. The highest BCUT2D eigenvalue weighted by Crippen LogP contribution is 2.35. The van der Waals surface area contributed by atoms with Crippen LogP contribution in [0.15, 0.2) is 0 Å².